The number of allylic oxidation sites excluding steroid dienone is 3. The van der Waals surface area contributed by atoms with E-state index in [2.05, 4.69) is 17.4 Å². The van der Waals surface area contributed by atoms with E-state index in [0.717, 1.165) is 54.6 Å². The first-order chi connectivity index (χ1) is 16.6. The number of dihydropyridines is 1. The van der Waals surface area contributed by atoms with Gasteiger partial charge in [-0.25, -0.2) is 4.79 Å². The van der Waals surface area contributed by atoms with Gasteiger partial charge in [0, 0.05) is 29.0 Å². The monoisotopic (exact) mass is 457 g/mol. The van der Waals surface area contributed by atoms with Gasteiger partial charge in [-0.3, -0.25) is 4.79 Å². The fourth-order valence-electron chi connectivity index (χ4n) is 5.71. The third-order valence-corrected chi connectivity index (χ3v) is 7.34. The number of carbonyl (C=O) groups excluding carboxylic acids is 2. The summed E-state index contributed by atoms with van der Waals surface area (Å²) in [5.41, 5.74) is 4.81. The van der Waals surface area contributed by atoms with Gasteiger partial charge in [0.2, 0.25) is 0 Å². The van der Waals surface area contributed by atoms with Crippen molar-refractivity contribution < 1.29 is 19.1 Å². The van der Waals surface area contributed by atoms with E-state index >= 15 is 0 Å². The molecule has 1 aliphatic heterocycles. The molecule has 5 nitrogen and oxygen atoms in total. The van der Waals surface area contributed by atoms with Crippen LogP contribution in [0.15, 0.2) is 77.1 Å². The van der Waals surface area contributed by atoms with Gasteiger partial charge in [-0.2, -0.15) is 0 Å². The summed E-state index contributed by atoms with van der Waals surface area (Å²) in [5, 5.41) is 3.44. The van der Waals surface area contributed by atoms with Crippen LogP contribution in [-0.2, 0) is 14.3 Å². The number of para-hydroxylation sites is 1. The summed E-state index contributed by atoms with van der Waals surface area (Å²) in [5.74, 6) is -0.00343. The normalized spacial score (nSPS) is 22.9. The van der Waals surface area contributed by atoms with Crippen molar-refractivity contribution in [3.63, 3.8) is 0 Å². The van der Waals surface area contributed by atoms with Crippen LogP contribution in [0.4, 0.5) is 0 Å². The van der Waals surface area contributed by atoms with E-state index in [1.165, 1.54) is 0 Å². The lowest BCUT2D eigenvalue weighted by Crippen LogP contribution is -2.36. The molecule has 0 aromatic heterocycles. The zero-order valence-electron chi connectivity index (χ0n) is 19.8. The summed E-state index contributed by atoms with van der Waals surface area (Å²) in [7, 11) is 1.62. The molecule has 1 fully saturated rings. The van der Waals surface area contributed by atoms with Gasteiger partial charge in [-0.05, 0) is 56.6 Å². The molecule has 5 rings (SSSR count). The number of rotatable bonds is 5. The standard InChI is InChI=1S/C29H31NO4/c1-18-26(29(32)34-21-12-6-7-13-21)27(22-14-8-9-15-25(22)33-2)28-23(30-18)16-20(17-24(28)31)19-10-4-3-5-11-19/h3-5,8-11,14-15,20-21,27,30H,6-7,12-13,16-17H2,1-2H3. The molecule has 1 saturated carbocycles. The molecular weight excluding hydrogens is 426 g/mol. The molecule has 176 valence electrons. The molecule has 2 unspecified atom stereocenters. The third-order valence-electron chi connectivity index (χ3n) is 7.34. The van der Waals surface area contributed by atoms with E-state index in [4.69, 9.17) is 9.47 Å². The average molecular weight is 458 g/mol. The van der Waals surface area contributed by atoms with Gasteiger partial charge in [0.15, 0.2) is 5.78 Å². The van der Waals surface area contributed by atoms with Crippen molar-refractivity contribution in [3.8, 4) is 5.75 Å². The molecule has 0 saturated heterocycles. The van der Waals surface area contributed by atoms with Crippen molar-refractivity contribution in [2.75, 3.05) is 7.11 Å². The van der Waals surface area contributed by atoms with Gasteiger partial charge in [0.1, 0.15) is 11.9 Å². The highest BCUT2D eigenvalue weighted by molar-refractivity contribution is 6.04. The number of carbonyl (C=O) groups is 2. The SMILES string of the molecule is COc1ccccc1C1C(C(=O)OC2CCCC2)=C(C)NC2=C1C(=O)CC(c1ccccc1)C2. The molecule has 0 radical (unpaired) electrons. The van der Waals surface area contributed by atoms with Crippen molar-refractivity contribution in [3.05, 3.63) is 88.3 Å². The van der Waals surface area contributed by atoms with Crippen molar-refractivity contribution in [2.24, 2.45) is 0 Å². The van der Waals surface area contributed by atoms with Crippen molar-refractivity contribution in [2.45, 2.75) is 63.4 Å². The molecule has 0 bridgehead atoms. The Morgan fingerprint density at radius 1 is 0.971 bits per heavy atom. The van der Waals surface area contributed by atoms with Crippen LogP contribution in [0.5, 0.6) is 5.75 Å². The van der Waals surface area contributed by atoms with E-state index < -0.39 is 5.92 Å². The van der Waals surface area contributed by atoms with Crippen LogP contribution >= 0.6 is 0 Å². The highest BCUT2D eigenvalue weighted by atomic mass is 16.5. The van der Waals surface area contributed by atoms with E-state index in [1.807, 2.05) is 49.4 Å². The summed E-state index contributed by atoms with van der Waals surface area (Å²) in [6.45, 7) is 1.91. The van der Waals surface area contributed by atoms with Crippen LogP contribution in [0.25, 0.3) is 0 Å². The van der Waals surface area contributed by atoms with Crippen LogP contribution in [0.3, 0.4) is 0 Å². The Morgan fingerprint density at radius 3 is 2.41 bits per heavy atom. The predicted octanol–water partition coefficient (Wildman–Crippen LogP) is 5.54. The fraction of sp³-hybridized carbons (Fsp3) is 0.379. The minimum absolute atomic E-state index is 0.0500. The molecule has 2 atom stereocenters. The third kappa shape index (κ3) is 4.15. The second-order valence-corrected chi connectivity index (χ2v) is 9.48. The van der Waals surface area contributed by atoms with Gasteiger partial charge in [0.05, 0.1) is 18.6 Å². The van der Waals surface area contributed by atoms with Crippen LogP contribution < -0.4 is 10.1 Å². The van der Waals surface area contributed by atoms with Crippen LogP contribution in [0.1, 0.15) is 68.4 Å². The lowest BCUT2D eigenvalue weighted by Gasteiger charge is -2.37. The maximum atomic E-state index is 13.7. The van der Waals surface area contributed by atoms with Crippen LogP contribution in [0, 0.1) is 0 Å². The minimum Gasteiger partial charge on any atom is -0.496 e. The zero-order chi connectivity index (χ0) is 23.7. The Bertz CT molecular complexity index is 1160. The second-order valence-electron chi connectivity index (χ2n) is 9.48. The minimum atomic E-state index is -0.509. The molecule has 3 aliphatic rings. The molecule has 2 aromatic carbocycles. The smallest absolute Gasteiger partial charge is 0.337 e. The van der Waals surface area contributed by atoms with Gasteiger partial charge in [0.25, 0.3) is 0 Å². The quantitative estimate of drug-likeness (QED) is 0.597. The van der Waals surface area contributed by atoms with Crippen molar-refractivity contribution in [1.29, 1.82) is 0 Å². The number of hydrogen-bond donors (Lipinski definition) is 1. The van der Waals surface area contributed by atoms with E-state index in [0.29, 0.717) is 23.3 Å². The first kappa shape index (κ1) is 22.5. The van der Waals surface area contributed by atoms with Crippen molar-refractivity contribution in [1.82, 2.24) is 5.32 Å². The number of esters is 1. The Kier molecular flexibility index (Phi) is 6.27. The molecule has 1 N–H and O–H groups in total. The number of methoxy groups -OCH3 is 1. The number of nitrogens with one attached hydrogen (secondary N) is 1. The van der Waals surface area contributed by atoms with E-state index in [9.17, 15) is 9.59 Å². The van der Waals surface area contributed by atoms with Gasteiger partial charge in [-0.1, -0.05) is 48.5 Å². The maximum Gasteiger partial charge on any atom is 0.337 e. The number of ketones is 1. The van der Waals surface area contributed by atoms with Gasteiger partial charge >= 0.3 is 5.97 Å². The molecule has 5 heteroatoms. The predicted molar refractivity (Wildman–Crippen MR) is 130 cm³/mol. The molecule has 2 aliphatic carbocycles. The lowest BCUT2D eigenvalue weighted by atomic mass is 9.71. The largest absolute Gasteiger partial charge is 0.496 e. The Balaban J connectivity index is 1.58. The Hall–Kier alpha value is -3.34. The van der Waals surface area contributed by atoms with Gasteiger partial charge in [-0.15, -0.1) is 0 Å². The number of benzene rings is 2. The van der Waals surface area contributed by atoms with Crippen LogP contribution in [-0.4, -0.2) is 25.0 Å². The first-order valence-corrected chi connectivity index (χ1v) is 12.2. The molecular formula is C29H31NO4. The summed E-state index contributed by atoms with van der Waals surface area (Å²) >= 11 is 0. The maximum absolute atomic E-state index is 13.7. The highest BCUT2D eigenvalue weighted by Crippen LogP contribution is 2.47. The summed E-state index contributed by atoms with van der Waals surface area (Å²) in [6, 6.07) is 17.8. The molecule has 34 heavy (non-hydrogen) atoms. The molecule has 0 amide bonds. The number of ether oxygens (including phenoxy) is 2. The van der Waals surface area contributed by atoms with Gasteiger partial charge < -0.3 is 14.8 Å². The number of hydrogen-bond acceptors (Lipinski definition) is 5. The zero-order valence-corrected chi connectivity index (χ0v) is 19.8. The lowest BCUT2D eigenvalue weighted by molar-refractivity contribution is -0.144. The van der Waals surface area contributed by atoms with Crippen molar-refractivity contribution >= 4 is 11.8 Å². The molecule has 2 aromatic rings. The Labute approximate surface area is 200 Å². The van der Waals surface area contributed by atoms with E-state index in [1.54, 1.807) is 7.11 Å². The second kappa shape index (κ2) is 9.49. The summed E-state index contributed by atoms with van der Waals surface area (Å²) < 4.78 is 11.6. The average Bonchev–Trinajstić information content (AvgIpc) is 3.36. The van der Waals surface area contributed by atoms with Crippen LogP contribution in [0.2, 0.25) is 0 Å². The van der Waals surface area contributed by atoms with E-state index in [-0.39, 0.29) is 23.8 Å². The summed E-state index contributed by atoms with van der Waals surface area (Å²) in [4.78, 5) is 27.2. The summed E-state index contributed by atoms with van der Waals surface area (Å²) in [6.07, 6.45) is 5.05. The molecule has 1 heterocycles. The Morgan fingerprint density at radius 2 is 1.68 bits per heavy atom. The molecule has 0 spiro atoms. The highest BCUT2D eigenvalue weighted by Gasteiger charge is 2.42. The fourth-order valence-corrected chi connectivity index (χ4v) is 5.71. The number of Topliss-reactive ketones (excluding diaryl/α,β-unsaturated/α-hetero) is 1. The topological polar surface area (TPSA) is 64.6 Å². The first-order valence-electron chi connectivity index (χ1n) is 12.2.